The maximum atomic E-state index is 12.6. The molecule has 3 fully saturated rings. The normalized spacial score (nSPS) is 24.9. The molecule has 0 atom stereocenters. The van der Waals surface area contributed by atoms with Crippen LogP contribution in [-0.2, 0) is 9.59 Å². The molecule has 4 heteroatoms. The molecular formula is C17H28N2O2. The van der Waals surface area contributed by atoms with Gasteiger partial charge < -0.3 is 9.80 Å². The Labute approximate surface area is 127 Å². The van der Waals surface area contributed by atoms with Crippen molar-refractivity contribution in [1.29, 1.82) is 0 Å². The molecule has 3 rings (SSSR count). The highest BCUT2D eigenvalue weighted by molar-refractivity contribution is 5.82. The van der Waals surface area contributed by atoms with Crippen LogP contribution in [0.2, 0.25) is 0 Å². The summed E-state index contributed by atoms with van der Waals surface area (Å²) in [5.74, 6) is 1.10. The lowest BCUT2D eigenvalue weighted by Gasteiger charge is -2.37. The molecule has 0 aromatic heterocycles. The van der Waals surface area contributed by atoms with E-state index in [2.05, 4.69) is 0 Å². The minimum Gasteiger partial charge on any atom is -0.343 e. The quantitative estimate of drug-likeness (QED) is 0.801. The van der Waals surface area contributed by atoms with Crippen molar-refractivity contribution < 1.29 is 9.59 Å². The van der Waals surface area contributed by atoms with Gasteiger partial charge in [-0.2, -0.15) is 0 Å². The third kappa shape index (κ3) is 3.41. The predicted molar refractivity (Wildman–Crippen MR) is 81.7 cm³/mol. The van der Waals surface area contributed by atoms with Crippen molar-refractivity contribution in [2.45, 2.75) is 63.8 Å². The Hall–Kier alpha value is -1.06. The SMILES string of the molecule is CN(C(=O)C1CCN(C(=O)C2CC2)CC1)C1CCCCC1. The summed E-state index contributed by atoms with van der Waals surface area (Å²) >= 11 is 0. The Kier molecular flexibility index (Phi) is 4.51. The number of hydrogen-bond donors (Lipinski definition) is 0. The highest BCUT2D eigenvalue weighted by Gasteiger charge is 2.37. The van der Waals surface area contributed by atoms with Crippen molar-refractivity contribution in [1.82, 2.24) is 9.80 Å². The summed E-state index contributed by atoms with van der Waals surface area (Å²) in [7, 11) is 1.99. The smallest absolute Gasteiger partial charge is 0.225 e. The molecule has 118 valence electrons. The molecule has 2 amide bonds. The fourth-order valence-corrected chi connectivity index (χ4v) is 3.87. The lowest BCUT2D eigenvalue weighted by atomic mass is 9.91. The van der Waals surface area contributed by atoms with Crippen LogP contribution in [0.15, 0.2) is 0 Å². The van der Waals surface area contributed by atoms with E-state index >= 15 is 0 Å². The molecule has 0 radical (unpaired) electrons. The monoisotopic (exact) mass is 292 g/mol. The topological polar surface area (TPSA) is 40.6 Å². The Bertz CT molecular complexity index is 392. The molecule has 0 aromatic rings. The highest BCUT2D eigenvalue weighted by atomic mass is 16.2. The van der Waals surface area contributed by atoms with Crippen molar-refractivity contribution in [2.75, 3.05) is 20.1 Å². The van der Waals surface area contributed by atoms with E-state index in [4.69, 9.17) is 0 Å². The van der Waals surface area contributed by atoms with Gasteiger partial charge in [0.05, 0.1) is 0 Å². The Morgan fingerprint density at radius 3 is 2.05 bits per heavy atom. The van der Waals surface area contributed by atoms with Crippen LogP contribution in [0, 0.1) is 11.8 Å². The van der Waals surface area contributed by atoms with Gasteiger partial charge in [0.25, 0.3) is 0 Å². The van der Waals surface area contributed by atoms with Crippen LogP contribution in [0.1, 0.15) is 57.8 Å². The summed E-state index contributed by atoms with van der Waals surface area (Å²) < 4.78 is 0. The van der Waals surface area contributed by atoms with E-state index in [1.165, 1.54) is 32.1 Å². The maximum Gasteiger partial charge on any atom is 0.225 e. The lowest BCUT2D eigenvalue weighted by molar-refractivity contribution is -0.142. The summed E-state index contributed by atoms with van der Waals surface area (Å²) in [6.07, 6.45) is 10.0. The van der Waals surface area contributed by atoms with Crippen LogP contribution < -0.4 is 0 Å². The number of hydrogen-bond acceptors (Lipinski definition) is 2. The zero-order valence-electron chi connectivity index (χ0n) is 13.2. The molecule has 4 nitrogen and oxygen atoms in total. The Balaban J connectivity index is 1.48. The number of carbonyl (C=O) groups excluding carboxylic acids is 2. The number of rotatable bonds is 3. The molecule has 0 aromatic carbocycles. The summed E-state index contributed by atoms with van der Waals surface area (Å²) in [6.45, 7) is 1.56. The Morgan fingerprint density at radius 1 is 0.857 bits per heavy atom. The van der Waals surface area contributed by atoms with E-state index < -0.39 is 0 Å². The van der Waals surface area contributed by atoms with Crippen molar-refractivity contribution >= 4 is 11.8 Å². The van der Waals surface area contributed by atoms with Gasteiger partial charge in [0.15, 0.2) is 0 Å². The molecule has 1 heterocycles. The number of carbonyl (C=O) groups is 2. The number of piperidine rings is 1. The van der Waals surface area contributed by atoms with E-state index in [0.717, 1.165) is 38.8 Å². The summed E-state index contributed by atoms with van der Waals surface area (Å²) in [5.41, 5.74) is 0. The maximum absolute atomic E-state index is 12.6. The second kappa shape index (κ2) is 6.37. The van der Waals surface area contributed by atoms with Crippen LogP contribution in [0.4, 0.5) is 0 Å². The summed E-state index contributed by atoms with van der Waals surface area (Å²) in [6, 6.07) is 0.456. The molecule has 2 aliphatic carbocycles. The van der Waals surface area contributed by atoms with E-state index in [1.54, 1.807) is 0 Å². The minimum absolute atomic E-state index is 0.139. The molecule has 1 aliphatic heterocycles. The fourth-order valence-electron chi connectivity index (χ4n) is 3.87. The third-order valence-corrected chi connectivity index (χ3v) is 5.55. The van der Waals surface area contributed by atoms with Crippen molar-refractivity contribution in [2.24, 2.45) is 11.8 Å². The minimum atomic E-state index is 0.139. The van der Waals surface area contributed by atoms with E-state index in [-0.39, 0.29) is 5.92 Å². The Morgan fingerprint density at radius 2 is 1.48 bits per heavy atom. The van der Waals surface area contributed by atoms with Gasteiger partial charge in [0.1, 0.15) is 0 Å². The van der Waals surface area contributed by atoms with Crippen LogP contribution >= 0.6 is 0 Å². The standard InChI is InChI=1S/C17H28N2O2/c1-18(15-5-3-2-4-6-15)16(20)14-9-11-19(12-10-14)17(21)13-7-8-13/h13-15H,2-12H2,1H3. The van der Waals surface area contributed by atoms with Crippen molar-refractivity contribution in [3.05, 3.63) is 0 Å². The summed E-state index contributed by atoms with van der Waals surface area (Å²) in [5, 5.41) is 0. The van der Waals surface area contributed by atoms with Crippen molar-refractivity contribution in [3.63, 3.8) is 0 Å². The second-order valence-corrected chi connectivity index (χ2v) is 7.11. The lowest BCUT2D eigenvalue weighted by Crippen LogP contribution is -2.46. The van der Waals surface area contributed by atoms with Gasteiger partial charge in [-0.25, -0.2) is 0 Å². The summed E-state index contributed by atoms with van der Waals surface area (Å²) in [4.78, 5) is 28.7. The van der Waals surface area contributed by atoms with Crippen LogP contribution in [0.25, 0.3) is 0 Å². The first-order chi connectivity index (χ1) is 10.2. The van der Waals surface area contributed by atoms with Crippen LogP contribution in [0.5, 0.6) is 0 Å². The van der Waals surface area contributed by atoms with Gasteiger partial charge in [-0.1, -0.05) is 19.3 Å². The van der Waals surface area contributed by atoms with E-state index in [1.807, 2.05) is 16.8 Å². The van der Waals surface area contributed by atoms with Gasteiger partial charge in [-0.05, 0) is 38.5 Å². The predicted octanol–water partition coefficient (Wildman–Crippen LogP) is 2.43. The number of amides is 2. The first-order valence-corrected chi connectivity index (χ1v) is 8.72. The number of likely N-dealkylation sites (tertiary alicyclic amines) is 1. The van der Waals surface area contributed by atoms with Gasteiger partial charge in [-0.15, -0.1) is 0 Å². The third-order valence-electron chi connectivity index (χ3n) is 5.55. The molecule has 21 heavy (non-hydrogen) atoms. The zero-order chi connectivity index (χ0) is 14.8. The zero-order valence-corrected chi connectivity index (χ0v) is 13.2. The first kappa shape index (κ1) is 14.9. The molecule has 0 bridgehead atoms. The molecular weight excluding hydrogens is 264 g/mol. The molecule has 1 saturated heterocycles. The largest absolute Gasteiger partial charge is 0.343 e. The molecule has 2 saturated carbocycles. The van der Waals surface area contributed by atoms with Crippen LogP contribution in [-0.4, -0.2) is 47.8 Å². The van der Waals surface area contributed by atoms with Gasteiger partial charge in [0, 0.05) is 38.0 Å². The average molecular weight is 292 g/mol. The molecule has 0 spiro atoms. The number of nitrogens with zero attached hydrogens (tertiary/aromatic N) is 2. The van der Waals surface area contributed by atoms with Gasteiger partial charge in [0.2, 0.25) is 11.8 Å². The second-order valence-electron chi connectivity index (χ2n) is 7.11. The van der Waals surface area contributed by atoms with E-state index in [0.29, 0.717) is 23.8 Å². The van der Waals surface area contributed by atoms with Crippen LogP contribution in [0.3, 0.4) is 0 Å². The van der Waals surface area contributed by atoms with E-state index in [9.17, 15) is 9.59 Å². The van der Waals surface area contributed by atoms with Gasteiger partial charge in [-0.3, -0.25) is 9.59 Å². The van der Waals surface area contributed by atoms with Crippen molar-refractivity contribution in [3.8, 4) is 0 Å². The molecule has 3 aliphatic rings. The van der Waals surface area contributed by atoms with Gasteiger partial charge >= 0.3 is 0 Å². The average Bonchev–Trinajstić information content (AvgIpc) is 3.39. The molecule has 0 N–H and O–H groups in total. The first-order valence-electron chi connectivity index (χ1n) is 8.72. The highest BCUT2D eigenvalue weighted by Crippen LogP contribution is 2.33. The molecule has 0 unspecified atom stereocenters. The fraction of sp³-hybridized carbons (Fsp3) is 0.882.